The van der Waals surface area contributed by atoms with Crippen molar-refractivity contribution in [1.82, 2.24) is 10.2 Å². The SMILES string of the molecule is CCOc1ccc(OCC(=O)O[C@H](C)c2nnc(-c3cccs3)o2)cc1. The first kappa shape index (κ1) is 17.9. The lowest BCUT2D eigenvalue weighted by Gasteiger charge is -2.10. The summed E-state index contributed by atoms with van der Waals surface area (Å²) in [6, 6.07) is 10.8. The average molecular weight is 374 g/mol. The Kier molecular flexibility index (Phi) is 5.85. The summed E-state index contributed by atoms with van der Waals surface area (Å²) in [6.07, 6.45) is -0.660. The van der Waals surface area contributed by atoms with Gasteiger partial charge in [-0.2, -0.15) is 0 Å². The minimum Gasteiger partial charge on any atom is -0.494 e. The summed E-state index contributed by atoms with van der Waals surface area (Å²) in [4.78, 5) is 12.8. The molecule has 0 saturated carbocycles. The molecule has 0 saturated heterocycles. The molecule has 1 atom stereocenters. The predicted octanol–water partition coefficient (Wildman–Crippen LogP) is 3.88. The summed E-state index contributed by atoms with van der Waals surface area (Å²) >= 11 is 1.49. The van der Waals surface area contributed by atoms with Crippen molar-refractivity contribution in [2.45, 2.75) is 20.0 Å². The molecule has 0 aliphatic rings. The maximum absolute atomic E-state index is 11.9. The largest absolute Gasteiger partial charge is 0.494 e. The molecular formula is C18H18N2O5S. The van der Waals surface area contributed by atoms with Gasteiger partial charge >= 0.3 is 5.97 Å². The third-order valence-corrected chi connectivity index (χ3v) is 4.18. The molecule has 136 valence electrons. The minimum absolute atomic E-state index is 0.218. The number of esters is 1. The lowest BCUT2D eigenvalue weighted by molar-refractivity contribution is -0.152. The minimum atomic E-state index is -0.660. The van der Waals surface area contributed by atoms with Crippen LogP contribution in [0.1, 0.15) is 25.8 Å². The number of nitrogens with zero attached hydrogens (tertiary/aromatic N) is 2. The van der Waals surface area contributed by atoms with Crippen LogP contribution in [-0.2, 0) is 9.53 Å². The molecule has 2 aromatic heterocycles. The summed E-state index contributed by atoms with van der Waals surface area (Å²) in [5, 5.41) is 9.81. The third-order valence-electron chi connectivity index (χ3n) is 3.32. The fourth-order valence-corrected chi connectivity index (χ4v) is 2.77. The molecule has 0 unspecified atom stereocenters. The normalized spacial score (nSPS) is 11.8. The van der Waals surface area contributed by atoms with E-state index in [0.717, 1.165) is 10.6 Å². The molecule has 0 bridgehead atoms. The Morgan fingerprint density at radius 1 is 1.15 bits per heavy atom. The molecule has 0 fully saturated rings. The Balaban J connectivity index is 1.49. The van der Waals surface area contributed by atoms with Crippen molar-refractivity contribution >= 4 is 17.3 Å². The monoisotopic (exact) mass is 374 g/mol. The quantitative estimate of drug-likeness (QED) is 0.553. The van der Waals surface area contributed by atoms with Gasteiger partial charge in [0.25, 0.3) is 11.8 Å². The number of hydrogen-bond acceptors (Lipinski definition) is 8. The van der Waals surface area contributed by atoms with E-state index in [2.05, 4.69) is 10.2 Å². The maximum atomic E-state index is 11.9. The Morgan fingerprint density at radius 3 is 2.54 bits per heavy atom. The molecule has 3 rings (SSSR count). The van der Waals surface area contributed by atoms with Crippen LogP contribution in [0.3, 0.4) is 0 Å². The molecule has 2 heterocycles. The summed E-state index contributed by atoms with van der Waals surface area (Å²) in [5.74, 6) is 1.42. The van der Waals surface area contributed by atoms with Gasteiger partial charge in [0.1, 0.15) is 11.5 Å². The van der Waals surface area contributed by atoms with Crippen LogP contribution in [0.15, 0.2) is 46.2 Å². The van der Waals surface area contributed by atoms with Gasteiger partial charge in [0.15, 0.2) is 12.7 Å². The van der Waals surface area contributed by atoms with Gasteiger partial charge in [-0.25, -0.2) is 4.79 Å². The van der Waals surface area contributed by atoms with Crippen molar-refractivity contribution in [1.29, 1.82) is 0 Å². The van der Waals surface area contributed by atoms with Crippen LogP contribution in [0.5, 0.6) is 11.5 Å². The third kappa shape index (κ3) is 4.60. The number of hydrogen-bond donors (Lipinski definition) is 0. The van der Waals surface area contributed by atoms with E-state index >= 15 is 0 Å². The van der Waals surface area contributed by atoms with Gasteiger partial charge in [0, 0.05) is 0 Å². The van der Waals surface area contributed by atoms with E-state index < -0.39 is 12.1 Å². The van der Waals surface area contributed by atoms with E-state index in [1.807, 2.05) is 24.4 Å². The second-order valence-corrected chi connectivity index (χ2v) is 6.20. The highest BCUT2D eigenvalue weighted by Gasteiger charge is 2.19. The second-order valence-electron chi connectivity index (χ2n) is 5.25. The van der Waals surface area contributed by atoms with Crippen molar-refractivity contribution in [3.05, 3.63) is 47.7 Å². The first-order valence-corrected chi connectivity index (χ1v) is 8.96. The number of thiophene rings is 1. The zero-order valence-corrected chi connectivity index (χ0v) is 15.2. The molecule has 7 nitrogen and oxygen atoms in total. The lowest BCUT2D eigenvalue weighted by Crippen LogP contribution is -2.17. The van der Waals surface area contributed by atoms with Crippen molar-refractivity contribution in [3.8, 4) is 22.3 Å². The van der Waals surface area contributed by atoms with Gasteiger partial charge in [-0.3, -0.25) is 0 Å². The molecule has 0 aliphatic carbocycles. The number of ether oxygens (including phenoxy) is 3. The highest BCUT2D eigenvalue weighted by Crippen LogP contribution is 2.26. The van der Waals surface area contributed by atoms with E-state index in [0.29, 0.717) is 18.2 Å². The smallest absolute Gasteiger partial charge is 0.344 e. The number of aromatic nitrogens is 2. The van der Waals surface area contributed by atoms with E-state index in [-0.39, 0.29) is 12.5 Å². The van der Waals surface area contributed by atoms with E-state index in [1.54, 1.807) is 31.2 Å². The summed E-state index contributed by atoms with van der Waals surface area (Å²) in [6.45, 7) is 3.95. The Labute approximate surface area is 154 Å². The standard InChI is InChI=1S/C18H18N2O5S/c1-3-22-13-6-8-14(9-7-13)23-11-16(21)24-12(2)17-19-20-18(25-17)15-5-4-10-26-15/h4-10,12H,3,11H2,1-2H3/t12-/m1/s1. The number of benzene rings is 1. The fraction of sp³-hybridized carbons (Fsp3) is 0.278. The zero-order valence-electron chi connectivity index (χ0n) is 14.4. The van der Waals surface area contributed by atoms with Crippen LogP contribution < -0.4 is 9.47 Å². The number of carbonyl (C=O) groups excluding carboxylic acids is 1. The lowest BCUT2D eigenvalue weighted by atomic mass is 10.3. The first-order chi connectivity index (χ1) is 12.7. The molecule has 3 aromatic rings. The first-order valence-electron chi connectivity index (χ1n) is 8.08. The molecule has 0 spiro atoms. The molecule has 0 radical (unpaired) electrons. The van der Waals surface area contributed by atoms with Gasteiger partial charge in [-0.15, -0.1) is 21.5 Å². The fourth-order valence-electron chi connectivity index (χ4n) is 2.12. The molecule has 0 amide bonds. The number of rotatable bonds is 8. The average Bonchev–Trinajstić information content (AvgIpc) is 3.32. The van der Waals surface area contributed by atoms with Crippen LogP contribution in [0.4, 0.5) is 0 Å². The Bertz CT molecular complexity index is 830. The van der Waals surface area contributed by atoms with Gasteiger partial charge in [0.05, 0.1) is 11.5 Å². The van der Waals surface area contributed by atoms with Crippen LogP contribution in [-0.4, -0.2) is 29.4 Å². The van der Waals surface area contributed by atoms with E-state index in [9.17, 15) is 4.79 Å². The van der Waals surface area contributed by atoms with Crippen LogP contribution >= 0.6 is 11.3 Å². The number of carbonyl (C=O) groups is 1. The predicted molar refractivity (Wildman–Crippen MR) is 95.2 cm³/mol. The molecule has 26 heavy (non-hydrogen) atoms. The Morgan fingerprint density at radius 2 is 1.88 bits per heavy atom. The summed E-state index contributed by atoms with van der Waals surface area (Å²) in [7, 11) is 0. The van der Waals surface area contributed by atoms with Crippen molar-refractivity contribution in [3.63, 3.8) is 0 Å². The highest BCUT2D eigenvalue weighted by molar-refractivity contribution is 7.13. The molecular weight excluding hydrogens is 356 g/mol. The molecule has 1 aromatic carbocycles. The van der Waals surface area contributed by atoms with Gasteiger partial charge < -0.3 is 18.6 Å². The zero-order chi connectivity index (χ0) is 18.4. The van der Waals surface area contributed by atoms with E-state index in [1.165, 1.54) is 11.3 Å². The second kappa shape index (κ2) is 8.48. The van der Waals surface area contributed by atoms with Gasteiger partial charge in [0.2, 0.25) is 0 Å². The Hall–Kier alpha value is -2.87. The van der Waals surface area contributed by atoms with Crippen molar-refractivity contribution in [2.75, 3.05) is 13.2 Å². The molecule has 0 aliphatic heterocycles. The van der Waals surface area contributed by atoms with Crippen molar-refractivity contribution in [2.24, 2.45) is 0 Å². The topological polar surface area (TPSA) is 83.7 Å². The van der Waals surface area contributed by atoms with Crippen LogP contribution in [0.2, 0.25) is 0 Å². The van der Waals surface area contributed by atoms with Gasteiger partial charge in [-0.1, -0.05) is 6.07 Å². The molecule has 8 heteroatoms. The maximum Gasteiger partial charge on any atom is 0.344 e. The summed E-state index contributed by atoms with van der Waals surface area (Å²) < 4.78 is 21.6. The van der Waals surface area contributed by atoms with Crippen LogP contribution in [0.25, 0.3) is 10.8 Å². The van der Waals surface area contributed by atoms with Gasteiger partial charge in [-0.05, 0) is 49.6 Å². The highest BCUT2D eigenvalue weighted by atomic mass is 32.1. The van der Waals surface area contributed by atoms with Crippen molar-refractivity contribution < 1.29 is 23.4 Å². The van der Waals surface area contributed by atoms with E-state index in [4.69, 9.17) is 18.6 Å². The summed E-state index contributed by atoms with van der Waals surface area (Å²) in [5.41, 5.74) is 0. The molecule has 0 N–H and O–H groups in total. The van der Waals surface area contributed by atoms with Crippen LogP contribution in [0, 0.1) is 0 Å².